The van der Waals surface area contributed by atoms with Crippen LogP contribution in [0.3, 0.4) is 0 Å². The summed E-state index contributed by atoms with van der Waals surface area (Å²) in [7, 11) is 0. The molecule has 2 aliphatic rings. The molecular formula is C19H24FN3O2. The average Bonchev–Trinajstić information content (AvgIpc) is 3.27. The van der Waals surface area contributed by atoms with Crippen LogP contribution in [0.15, 0.2) is 22.6 Å². The van der Waals surface area contributed by atoms with E-state index in [0.29, 0.717) is 23.8 Å². The molecule has 0 amide bonds. The number of nitrogens with zero attached hydrogens (tertiary/aromatic N) is 2. The first kappa shape index (κ1) is 16.5. The van der Waals surface area contributed by atoms with Crippen molar-refractivity contribution in [2.75, 3.05) is 19.7 Å². The van der Waals surface area contributed by atoms with E-state index < -0.39 is 5.82 Å². The quantitative estimate of drug-likeness (QED) is 0.867. The molecule has 2 heterocycles. The lowest BCUT2D eigenvalue weighted by molar-refractivity contribution is 0.279. The Bertz CT molecular complexity index is 727. The topological polar surface area (TPSA) is 60.2 Å². The highest BCUT2D eigenvalue weighted by atomic mass is 19.1. The smallest absolute Gasteiger partial charge is 0.250 e. The van der Waals surface area contributed by atoms with Crippen LogP contribution in [-0.2, 0) is 0 Å². The van der Waals surface area contributed by atoms with E-state index in [2.05, 4.69) is 15.5 Å². The maximum absolute atomic E-state index is 14.2. The molecule has 0 radical (unpaired) electrons. The number of aryl methyl sites for hydroxylation is 1. The lowest BCUT2D eigenvalue weighted by atomic mass is 9.91. The number of hydrogen-bond acceptors (Lipinski definition) is 5. The summed E-state index contributed by atoms with van der Waals surface area (Å²) in [6.45, 7) is 4.65. The summed E-state index contributed by atoms with van der Waals surface area (Å²) in [6, 6.07) is 4.79. The van der Waals surface area contributed by atoms with Gasteiger partial charge in [0.1, 0.15) is 11.6 Å². The Labute approximate surface area is 147 Å². The SMILES string of the molecule is Cc1nnc(-c2ccc(OCCC3CC3C3CCNCC3)cc2F)o1. The minimum Gasteiger partial charge on any atom is -0.493 e. The van der Waals surface area contributed by atoms with Crippen molar-refractivity contribution in [1.82, 2.24) is 15.5 Å². The number of piperidine rings is 1. The predicted molar refractivity (Wildman–Crippen MR) is 91.7 cm³/mol. The summed E-state index contributed by atoms with van der Waals surface area (Å²) in [5.74, 6) is 3.32. The van der Waals surface area contributed by atoms with Crippen molar-refractivity contribution >= 4 is 0 Å². The van der Waals surface area contributed by atoms with Gasteiger partial charge >= 0.3 is 0 Å². The molecule has 25 heavy (non-hydrogen) atoms. The lowest BCUT2D eigenvalue weighted by Gasteiger charge is -2.22. The third kappa shape index (κ3) is 3.84. The van der Waals surface area contributed by atoms with Crippen molar-refractivity contribution in [2.45, 2.75) is 32.6 Å². The molecule has 1 saturated carbocycles. The highest BCUT2D eigenvalue weighted by Crippen LogP contribution is 2.49. The third-order valence-electron chi connectivity index (χ3n) is 5.42. The van der Waals surface area contributed by atoms with Crippen molar-refractivity contribution in [1.29, 1.82) is 0 Å². The molecule has 0 spiro atoms. The van der Waals surface area contributed by atoms with Gasteiger partial charge in [-0.3, -0.25) is 0 Å². The van der Waals surface area contributed by atoms with Crippen LogP contribution in [0.2, 0.25) is 0 Å². The van der Waals surface area contributed by atoms with Crippen molar-refractivity contribution in [2.24, 2.45) is 17.8 Å². The van der Waals surface area contributed by atoms with Gasteiger partial charge in [-0.25, -0.2) is 4.39 Å². The van der Waals surface area contributed by atoms with E-state index in [-0.39, 0.29) is 5.89 Å². The standard InChI is InChI=1S/C19H24FN3O2/c1-12-22-23-19(25-12)16-3-2-15(11-18(16)20)24-9-6-14-10-17(14)13-4-7-21-8-5-13/h2-3,11,13-14,17,21H,4-10H2,1H3. The Morgan fingerprint density at radius 3 is 2.84 bits per heavy atom. The summed E-state index contributed by atoms with van der Waals surface area (Å²) in [4.78, 5) is 0. The van der Waals surface area contributed by atoms with E-state index in [1.54, 1.807) is 19.1 Å². The van der Waals surface area contributed by atoms with Crippen LogP contribution in [0, 0.1) is 30.5 Å². The fourth-order valence-corrected chi connectivity index (χ4v) is 3.95. The van der Waals surface area contributed by atoms with Gasteiger partial charge in [-0.05, 0) is 68.7 Å². The summed E-state index contributed by atoms with van der Waals surface area (Å²) in [5, 5.41) is 11.0. The number of hydrogen-bond donors (Lipinski definition) is 1. The number of halogens is 1. The summed E-state index contributed by atoms with van der Waals surface area (Å²) >= 11 is 0. The average molecular weight is 345 g/mol. The summed E-state index contributed by atoms with van der Waals surface area (Å²) in [6.07, 6.45) is 5.01. The molecule has 1 aliphatic carbocycles. The van der Waals surface area contributed by atoms with Crippen molar-refractivity contribution < 1.29 is 13.5 Å². The van der Waals surface area contributed by atoms with Gasteiger partial charge in [0, 0.05) is 13.0 Å². The highest BCUT2D eigenvalue weighted by molar-refractivity contribution is 5.55. The van der Waals surface area contributed by atoms with Gasteiger partial charge in [0.25, 0.3) is 5.89 Å². The second kappa shape index (κ2) is 7.12. The van der Waals surface area contributed by atoms with E-state index in [0.717, 1.165) is 37.3 Å². The maximum atomic E-state index is 14.2. The second-order valence-electron chi connectivity index (χ2n) is 7.15. The second-order valence-corrected chi connectivity index (χ2v) is 7.15. The molecule has 0 bridgehead atoms. The van der Waals surface area contributed by atoms with Gasteiger partial charge in [0.2, 0.25) is 5.89 Å². The van der Waals surface area contributed by atoms with E-state index in [1.165, 1.54) is 25.3 Å². The first-order valence-corrected chi connectivity index (χ1v) is 9.14. The number of rotatable bonds is 6. The molecule has 1 aromatic carbocycles. The minimum absolute atomic E-state index is 0.198. The number of benzene rings is 1. The van der Waals surface area contributed by atoms with Crippen LogP contribution in [0.5, 0.6) is 5.75 Å². The molecular weight excluding hydrogens is 321 g/mol. The first-order chi connectivity index (χ1) is 12.2. The molecule has 4 rings (SSSR count). The van der Waals surface area contributed by atoms with Gasteiger partial charge in [-0.1, -0.05) is 0 Å². The maximum Gasteiger partial charge on any atom is 0.250 e. The molecule has 2 atom stereocenters. The Morgan fingerprint density at radius 2 is 2.12 bits per heavy atom. The van der Waals surface area contributed by atoms with Gasteiger partial charge in [0.05, 0.1) is 12.2 Å². The van der Waals surface area contributed by atoms with Crippen molar-refractivity contribution in [3.63, 3.8) is 0 Å². The van der Waals surface area contributed by atoms with Gasteiger partial charge in [-0.15, -0.1) is 10.2 Å². The monoisotopic (exact) mass is 345 g/mol. The minimum atomic E-state index is -0.403. The van der Waals surface area contributed by atoms with E-state index in [1.807, 2.05) is 0 Å². The third-order valence-corrected chi connectivity index (χ3v) is 5.42. The molecule has 134 valence electrons. The van der Waals surface area contributed by atoms with Crippen LogP contribution < -0.4 is 10.1 Å². The highest BCUT2D eigenvalue weighted by Gasteiger charge is 2.42. The summed E-state index contributed by atoms with van der Waals surface area (Å²) < 4.78 is 25.3. The van der Waals surface area contributed by atoms with Crippen molar-refractivity contribution in [3.8, 4) is 17.2 Å². The Morgan fingerprint density at radius 1 is 1.28 bits per heavy atom. The number of aromatic nitrogens is 2. The van der Waals surface area contributed by atoms with Crippen LogP contribution in [0.25, 0.3) is 11.5 Å². The molecule has 2 unspecified atom stereocenters. The molecule has 1 saturated heterocycles. The lowest BCUT2D eigenvalue weighted by Crippen LogP contribution is -2.29. The van der Waals surface area contributed by atoms with E-state index >= 15 is 0 Å². The zero-order valence-corrected chi connectivity index (χ0v) is 14.5. The fourth-order valence-electron chi connectivity index (χ4n) is 3.95. The summed E-state index contributed by atoms with van der Waals surface area (Å²) in [5.41, 5.74) is 0.307. The van der Waals surface area contributed by atoms with E-state index in [9.17, 15) is 4.39 Å². The van der Waals surface area contributed by atoms with Crippen LogP contribution in [-0.4, -0.2) is 29.9 Å². The molecule has 1 aromatic heterocycles. The van der Waals surface area contributed by atoms with Crippen molar-refractivity contribution in [3.05, 3.63) is 29.9 Å². The number of ether oxygens (including phenoxy) is 1. The van der Waals surface area contributed by atoms with Crippen LogP contribution in [0.1, 0.15) is 31.6 Å². The Kier molecular flexibility index (Phi) is 4.70. The normalized spacial score (nSPS) is 23.6. The zero-order chi connectivity index (χ0) is 17.2. The molecule has 5 nitrogen and oxygen atoms in total. The first-order valence-electron chi connectivity index (χ1n) is 9.14. The molecule has 6 heteroatoms. The van der Waals surface area contributed by atoms with Crippen LogP contribution >= 0.6 is 0 Å². The Balaban J connectivity index is 1.27. The predicted octanol–water partition coefficient (Wildman–Crippen LogP) is 3.59. The van der Waals surface area contributed by atoms with Gasteiger partial charge in [-0.2, -0.15) is 0 Å². The molecule has 2 aromatic rings. The molecule has 1 aliphatic heterocycles. The molecule has 2 fully saturated rings. The zero-order valence-electron chi connectivity index (χ0n) is 14.5. The van der Waals surface area contributed by atoms with Crippen LogP contribution in [0.4, 0.5) is 4.39 Å². The fraction of sp³-hybridized carbons (Fsp3) is 0.579. The number of nitrogens with one attached hydrogen (secondary N) is 1. The largest absolute Gasteiger partial charge is 0.493 e. The van der Waals surface area contributed by atoms with E-state index in [4.69, 9.17) is 9.15 Å². The Hall–Kier alpha value is -1.95. The molecule has 1 N–H and O–H groups in total. The van der Waals surface area contributed by atoms with Gasteiger partial charge < -0.3 is 14.5 Å². The van der Waals surface area contributed by atoms with Gasteiger partial charge in [0.15, 0.2) is 0 Å².